The van der Waals surface area contributed by atoms with Gasteiger partial charge in [0.05, 0.1) is 30.5 Å². The molecule has 0 aliphatic rings. The minimum atomic E-state index is -0.698. The van der Waals surface area contributed by atoms with Gasteiger partial charge in [0.2, 0.25) is 5.91 Å². The predicted octanol–water partition coefficient (Wildman–Crippen LogP) is 1.41. The van der Waals surface area contributed by atoms with Crippen LogP contribution in [0.25, 0.3) is 0 Å². The minimum Gasteiger partial charge on any atom is -0.375 e. The molecule has 0 aliphatic carbocycles. The number of carbonyl (C=O) groups is 2. The van der Waals surface area contributed by atoms with Crippen LogP contribution in [0, 0.1) is 0 Å². The summed E-state index contributed by atoms with van der Waals surface area (Å²) in [7, 11) is 0. The van der Waals surface area contributed by atoms with Crippen molar-refractivity contribution in [3.63, 3.8) is 0 Å². The van der Waals surface area contributed by atoms with Crippen LogP contribution < -0.4 is 11.1 Å². The third-order valence-electron chi connectivity index (χ3n) is 2.68. The first-order valence-electron chi connectivity index (χ1n) is 7.73. The van der Waals surface area contributed by atoms with Gasteiger partial charge in [0.1, 0.15) is 0 Å². The van der Waals surface area contributed by atoms with E-state index < -0.39 is 6.04 Å². The third-order valence-corrected chi connectivity index (χ3v) is 2.68. The molecule has 22 heavy (non-hydrogen) atoms. The topological polar surface area (TPSA) is 90.6 Å². The Morgan fingerprint density at radius 3 is 1.86 bits per heavy atom. The van der Waals surface area contributed by atoms with Crippen molar-refractivity contribution < 1.29 is 19.1 Å². The highest BCUT2D eigenvalue weighted by Crippen LogP contribution is 2.07. The van der Waals surface area contributed by atoms with E-state index in [1.54, 1.807) is 0 Å². The Bertz CT molecular complexity index is 356. The fourth-order valence-electron chi connectivity index (χ4n) is 1.52. The highest BCUT2D eigenvalue weighted by Gasteiger charge is 2.17. The van der Waals surface area contributed by atoms with E-state index in [2.05, 4.69) is 5.32 Å². The van der Waals surface area contributed by atoms with E-state index in [1.165, 1.54) is 0 Å². The Labute approximate surface area is 134 Å². The van der Waals surface area contributed by atoms with Crippen LogP contribution in [-0.4, -0.2) is 48.7 Å². The zero-order valence-electron chi connectivity index (χ0n) is 14.8. The number of ether oxygens (including phenoxy) is 2. The molecule has 6 nitrogen and oxygen atoms in total. The van der Waals surface area contributed by atoms with Crippen molar-refractivity contribution in [2.24, 2.45) is 5.73 Å². The van der Waals surface area contributed by atoms with E-state index in [1.807, 2.05) is 41.5 Å². The summed E-state index contributed by atoms with van der Waals surface area (Å²) in [6.45, 7) is 12.4. The van der Waals surface area contributed by atoms with Crippen molar-refractivity contribution in [2.45, 2.75) is 71.6 Å². The van der Waals surface area contributed by atoms with E-state index in [4.69, 9.17) is 15.2 Å². The van der Waals surface area contributed by atoms with Crippen LogP contribution in [0.5, 0.6) is 0 Å². The summed E-state index contributed by atoms with van der Waals surface area (Å²) in [4.78, 5) is 23.4. The molecule has 3 N–H and O–H groups in total. The zero-order chi connectivity index (χ0) is 17.4. The van der Waals surface area contributed by atoms with Gasteiger partial charge in [-0.1, -0.05) is 0 Å². The van der Waals surface area contributed by atoms with Gasteiger partial charge in [0.25, 0.3) is 0 Å². The molecule has 0 saturated heterocycles. The van der Waals surface area contributed by atoms with E-state index in [0.29, 0.717) is 13.2 Å². The summed E-state index contributed by atoms with van der Waals surface area (Å²) in [6, 6.07) is -0.698. The van der Waals surface area contributed by atoms with Crippen LogP contribution >= 0.6 is 0 Å². The summed E-state index contributed by atoms with van der Waals surface area (Å²) < 4.78 is 10.9. The van der Waals surface area contributed by atoms with Crippen LogP contribution in [0.3, 0.4) is 0 Å². The van der Waals surface area contributed by atoms with Gasteiger partial charge in [0, 0.05) is 19.4 Å². The average molecular weight is 316 g/mol. The number of Topliss-reactive ketones (excluding diaryl/α,β-unsaturated/α-hetero) is 1. The first-order valence-corrected chi connectivity index (χ1v) is 7.73. The van der Waals surface area contributed by atoms with Gasteiger partial charge in [-0.3, -0.25) is 9.59 Å². The Balaban J connectivity index is 3.85. The molecule has 0 aliphatic heterocycles. The standard InChI is InChI=1S/C16H32N2O4/c1-15(2,3)21-9-7-13(19)12(17)11-18-14(20)8-10-22-16(4,5)6/h12H,7-11,17H2,1-6H3,(H,18,20). The van der Waals surface area contributed by atoms with Gasteiger partial charge in [0.15, 0.2) is 5.78 Å². The lowest BCUT2D eigenvalue weighted by Crippen LogP contribution is -2.43. The highest BCUT2D eigenvalue weighted by molar-refractivity contribution is 5.85. The maximum absolute atomic E-state index is 11.8. The van der Waals surface area contributed by atoms with Crippen molar-refractivity contribution in [3.05, 3.63) is 0 Å². The molecule has 0 saturated carbocycles. The molecule has 0 fully saturated rings. The van der Waals surface area contributed by atoms with Crippen LogP contribution in [0.4, 0.5) is 0 Å². The largest absolute Gasteiger partial charge is 0.375 e. The van der Waals surface area contributed by atoms with Gasteiger partial charge >= 0.3 is 0 Å². The number of ketones is 1. The van der Waals surface area contributed by atoms with E-state index >= 15 is 0 Å². The van der Waals surface area contributed by atoms with E-state index in [-0.39, 0.29) is 42.3 Å². The number of amides is 1. The van der Waals surface area contributed by atoms with E-state index in [0.717, 1.165) is 0 Å². The summed E-state index contributed by atoms with van der Waals surface area (Å²) in [5.74, 6) is -0.283. The molecule has 6 heteroatoms. The number of hydrogen-bond acceptors (Lipinski definition) is 5. The molecular formula is C16H32N2O4. The molecule has 0 rings (SSSR count). The fraction of sp³-hybridized carbons (Fsp3) is 0.875. The average Bonchev–Trinajstić information content (AvgIpc) is 2.32. The minimum absolute atomic E-state index is 0.115. The summed E-state index contributed by atoms with van der Waals surface area (Å²) in [5, 5.41) is 2.65. The summed E-state index contributed by atoms with van der Waals surface area (Å²) in [5.41, 5.74) is 5.23. The highest BCUT2D eigenvalue weighted by atomic mass is 16.5. The summed E-state index contributed by atoms with van der Waals surface area (Å²) >= 11 is 0. The molecule has 0 aromatic heterocycles. The molecule has 0 bridgehead atoms. The van der Waals surface area contributed by atoms with Gasteiger partial charge in [-0.05, 0) is 41.5 Å². The smallest absolute Gasteiger partial charge is 0.222 e. The Morgan fingerprint density at radius 1 is 0.955 bits per heavy atom. The number of rotatable bonds is 9. The van der Waals surface area contributed by atoms with Crippen LogP contribution in [-0.2, 0) is 19.1 Å². The maximum atomic E-state index is 11.8. The monoisotopic (exact) mass is 316 g/mol. The molecule has 0 heterocycles. The van der Waals surface area contributed by atoms with Crippen molar-refractivity contribution in [3.8, 4) is 0 Å². The predicted molar refractivity (Wildman–Crippen MR) is 86.6 cm³/mol. The Morgan fingerprint density at radius 2 is 1.41 bits per heavy atom. The molecule has 1 unspecified atom stereocenters. The van der Waals surface area contributed by atoms with Crippen molar-refractivity contribution in [1.29, 1.82) is 0 Å². The zero-order valence-corrected chi connectivity index (χ0v) is 14.8. The van der Waals surface area contributed by atoms with E-state index in [9.17, 15) is 9.59 Å². The lowest BCUT2D eigenvalue weighted by Gasteiger charge is -2.20. The third kappa shape index (κ3) is 12.7. The second-order valence-electron chi connectivity index (χ2n) is 7.30. The number of nitrogens with one attached hydrogen (secondary N) is 1. The van der Waals surface area contributed by atoms with Crippen molar-refractivity contribution in [2.75, 3.05) is 19.8 Å². The molecule has 0 aromatic rings. The van der Waals surface area contributed by atoms with Gasteiger partial charge in [-0.25, -0.2) is 0 Å². The number of hydrogen-bond donors (Lipinski definition) is 2. The normalized spacial score (nSPS) is 13.8. The van der Waals surface area contributed by atoms with Gasteiger partial charge in [-0.2, -0.15) is 0 Å². The molecule has 1 amide bonds. The second-order valence-corrected chi connectivity index (χ2v) is 7.30. The quantitative estimate of drug-likeness (QED) is 0.671. The van der Waals surface area contributed by atoms with Gasteiger partial charge in [-0.15, -0.1) is 0 Å². The lowest BCUT2D eigenvalue weighted by atomic mass is 10.1. The number of carbonyl (C=O) groups excluding carboxylic acids is 2. The number of nitrogens with two attached hydrogens (primary N) is 1. The first kappa shape index (κ1) is 21.0. The Hall–Kier alpha value is -0.980. The fourth-order valence-corrected chi connectivity index (χ4v) is 1.52. The lowest BCUT2D eigenvalue weighted by molar-refractivity contribution is -0.124. The molecular weight excluding hydrogens is 284 g/mol. The molecule has 130 valence electrons. The van der Waals surface area contributed by atoms with Gasteiger partial charge < -0.3 is 20.5 Å². The van der Waals surface area contributed by atoms with Crippen LogP contribution in [0.15, 0.2) is 0 Å². The second kappa shape index (κ2) is 9.22. The molecule has 1 atom stereocenters. The maximum Gasteiger partial charge on any atom is 0.222 e. The van der Waals surface area contributed by atoms with Crippen molar-refractivity contribution in [1.82, 2.24) is 5.32 Å². The summed E-state index contributed by atoms with van der Waals surface area (Å²) in [6.07, 6.45) is 0.507. The molecule has 0 radical (unpaired) electrons. The van der Waals surface area contributed by atoms with Crippen molar-refractivity contribution >= 4 is 11.7 Å². The SMILES string of the molecule is CC(C)(C)OCCC(=O)NCC(N)C(=O)CCOC(C)(C)C. The van der Waals surface area contributed by atoms with Crippen LogP contribution in [0.1, 0.15) is 54.4 Å². The Kier molecular flexibility index (Phi) is 8.81. The molecule has 0 aromatic carbocycles. The van der Waals surface area contributed by atoms with Crippen LogP contribution in [0.2, 0.25) is 0 Å². The molecule has 0 spiro atoms. The first-order chi connectivity index (χ1) is 9.91.